The van der Waals surface area contributed by atoms with Gasteiger partial charge in [-0.05, 0) is 50.9 Å². The molecule has 0 radical (unpaired) electrons. The quantitative estimate of drug-likeness (QED) is 0.769. The highest BCUT2D eigenvalue weighted by molar-refractivity contribution is 8.00. The van der Waals surface area contributed by atoms with Gasteiger partial charge in [0.25, 0.3) is 0 Å². The number of hydrogen-bond acceptors (Lipinski definition) is 3. The van der Waals surface area contributed by atoms with E-state index >= 15 is 0 Å². The van der Waals surface area contributed by atoms with Crippen LogP contribution in [-0.4, -0.2) is 53.7 Å². The molecular weight excluding hydrogens is 304 g/mol. The molecule has 1 aromatic carbocycles. The first kappa shape index (κ1) is 16.8. The minimum absolute atomic E-state index is 0.273. The summed E-state index contributed by atoms with van der Waals surface area (Å²) in [4.78, 5) is 18.5. The number of amides is 1. The number of carbonyl (C=O) groups excluding carboxylic acids is 1. The van der Waals surface area contributed by atoms with Crippen LogP contribution in [0.5, 0.6) is 0 Å². The van der Waals surface area contributed by atoms with E-state index in [4.69, 9.17) is 0 Å². The number of nitrogens with zero attached hydrogens (tertiary/aromatic N) is 2. The third-order valence-electron chi connectivity index (χ3n) is 5.30. The van der Waals surface area contributed by atoms with Crippen LogP contribution in [0, 0.1) is 0 Å². The summed E-state index contributed by atoms with van der Waals surface area (Å²) in [7, 11) is 2.02. The Hall–Kier alpha value is -1.00. The van der Waals surface area contributed by atoms with Gasteiger partial charge in [0.15, 0.2) is 0 Å². The van der Waals surface area contributed by atoms with Gasteiger partial charge in [-0.1, -0.05) is 31.0 Å². The molecule has 1 unspecified atom stereocenters. The molecule has 0 N–H and O–H groups in total. The Morgan fingerprint density at radius 2 is 1.83 bits per heavy atom. The largest absolute Gasteiger partial charge is 0.340 e. The zero-order valence-corrected chi connectivity index (χ0v) is 14.9. The maximum atomic E-state index is 12.7. The van der Waals surface area contributed by atoms with Crippen molar-refractivity contribution in [1.82, 2.24) is 9.80 Å². The number of rotatable bonds is 5. The van der Waals surface area contributed by atoms with Crippen LogP contribution >= 0.6 is 11.8 Å². The summed E-state index contributed by atoms with van der Waals surface area (Å²) >= 11 is 1.65. The fourth-order valence-corrected chi connectivity index (χ4v) is 4.83. The molecule has 3 nitrogen and oxygen atoms in total. The van der Waals surface area contributed by atoms with Crippen LogP contribution in [0.2, 0.25) is 0 Å². The highest BCUT2D eigenvalue weighted by Gasteiger charge is 2.35. The number of hydrogen-bond donors (Lipinski definition) is 0. The molecular formula is C19H28N2OS. The lowest BCUT2D eigenvalue weighted by Gasteiger charge is -2.42. The fraction of sp³-hybridized carbons (Fsp3) is 0.632. The van der Waals surface area contributed by atoms with E-state index in [2.05, 4.69) is 21.9 Å². The molecule has 0 spiro atoms. The predicted molar refractivity (Wildman–Crippen MR) is 96.8 cm³/mol. The van der Waals surface area contributed by atoms with E-state index in [-0.39, 0.29) is 5.91 Å². The van der Waals surface area contributed by atoms with Crippen LogP contribution < -0.4 is 0 Å². The molecule has 126 valence electrons. The van der Waals surface area contributed by atoms with Gasteiger partial charge in [-0.25, -0.2) is 0 Å². The molecule has 4 heteroatoms. The van der Waals surface area contributed by atoms with Crippen LogP contribution in [0.3, 0.4) is 0 Å². The second-order valence-electron chi connectivity index (χ2n) is 6.77. The molecule has 3 rings (SSSR count). The lowest BCUT2D eigenvalue weighted by atomic mass is 9.88. The summed E-state index contributed by atoms with van der Waals surface area (Å²) < 4.78 is 0. The van der Waals surface area contributed by atoms with Gasteiger partial charge in [-0.3, -0.25) is 9.69 Å². The number of thioether (sulfide) groups is 1. The molecule has 1 saturated carbocycles. The first-order valence-corrected chi connectivity index (χ1v) is 9.92. The van der Waals surface area contributed by atoms with Crippen molar-refractivity contribution in [2.75, 3.05) is 25.9 Å². The van der Waals surface area contributed by atoms with E-state index in [0.717, 1.165) is 0 Å². The molecule has 1 aliphatic heterocycles. The van der Waals surface area contributed by atoms with Gasteiger partial charge in [0.05, 0.1) is 5.75 Å². The zero-order valence-electron chi connectivity index (χ0n) is 14.1. The normalized spacial score (nSPS) is 25.4. The van der Waals surface area contributed by atoms with E-state index in [1.165, 1.54) is 56.5 Å². The summed E-state index contributed by atoms with van der Waals surface area (Å²) in [5.41, 5.74) is 0. The lowest BCUT2D eigenvalue weighted by Crippen LogP contribution is -2.53. The third-order valence-corrected chi connectivity index (χ3v) is 6.30. The van der Waals surface area contributed by atoms with Crippen LogP contribution in [0.4, 0.5) is 0 Å². The number of likely N-dealkylation sites (tertiary alicyclic amines) is 1. The second-order valence-corrected chi connectivity index (χ2v) is 7.82. The van der Waals surface area contributed by atoms with E-state index in [1.54, 1.807) is 11.8 Å². The van der Waals surface area contributed by atoms with Gasteiger partial charge < -0.3 is 4.90 Å². The van der Waals surface area contributed by atoms with Gasteiger partial charge in [-0.15, -0.1) is 11.8 Å². The molecule has 1 aromatic rings. The van der Waals surface area contributed by atoms with Gasteiger partial charge in [-0.2, -0.15) is 0 Å². The Bertz CT molecular complexity index is 501. The first-order valence-electron chi connectivity index (χ1n) is 8.93. The minimum Gasteiger partial charge on any atom is -0.340 e. The lowest BCUT2D eigenvalue weighted by molar-refractivity contribution is -0.131. The Kier molecular flexibility index (Phi) is 6.01. The molecule has 0 bridgehead atoms. The standard InChI is InChI=1S/C19H28N2OS/c1-20(19(22)15-23-16-9-3-2-4-10-16)17-11-5-6-12-18(17)21-13-7-8-14-21/h2-4,9-10,17-18H,5-8,11-15H2,1H3/t17?,18-/m0/s1. The topological polar surface area (TPSA) is 23.6 Å². The Morgan fingerprint density at radius 3 is 2.57 bits per heavy atom. The van der Waals surface area contributed by atoms with Crippen molar-refractivity contribution >= 4 is 17.7 Å². The smallest absolute Gasteiger partial charge is 0.232 e. The van der Waals surface area contributed by atoms with Crippen molar-refractivity contribution < 1.29 is 4.79 Å². The SMILES string of the molecule is CN(C(=O)CSc1ccccc1)C1CCCC[C@@H]1N1CCCC1. The molecule has 2 atom stereocenters. The van der Waals surface area contributed by atoms with Crippen molar-refractivity contribution in [3.05, 3.63) is 30.3 Å². The monoisotopic (exact) mass is 332 g/mol. The molecule has 0 aromatic heterocycles. The van der Waals surface area contributed by atoms with Crippen molar-refractivity contribution in [2.45, 2.75) is 55.5 Å². The average Bonchev–Trinajstić information content (AvgIpc) is 3.14. The number of carbonyl (C=O) groups is 1. The van der Waals surface area contributed by atoms with E-state index in [9.17, 15) is 4.79 Å². The maximum absolute atomic E-state index is 12.7. The maximum Gasteiger partial charge on any atom is 0.232 e. The van der Waals surface area contributed by atoms with Gasteiger partial charge in [0.2, 0.25) is 5.91 Å². The summed E-state index contributed by atoms with van der Waals surface area (Å²) in [6, 6.07) is 11.2. The minimum atomic E-state index is 0.273. The van der Waals surface area contributed by atoms with Crippen LogP contribution in [0.15, 0.2) is 35.2 Å². The summed E-state index contributed by atoms with van der Waals surface area (Å²) in [6.07, 6.45) is 7.65. The number of likely N-dealkylation sites (N-methyl/N-ethyl adjacent to an activating group) is 1. The number of benzene rings is 1. The van der Waals surface area contributed by atoms with Crippen molar-refractivity contribution in [1.29, 1.82) is 0 Å². The highest BCUT2D eigenvalue weighted by Crippen LogP contribution is 2.29. The zero-order chi connectivity index (χ0) is 16.1. The Morgan fingerprint density at radius 1 is 1.13 bits per heavy atom. The van der Waals surface area contributed by atoms with Gasteiger partial charge in [0.1, 0.15) is 0 Å². The molecule has 1 heterocycles. The molecule has 1 saturated heterocycles. The van der Waals surface area contributed by atoms with Crippen LogP contribution in [0.25, 0.3) is 0 Å². The molecule has 2 fully saturated rings. The Balaban J connectivity index is 1.58. The molecule has 1 amide bonds. The van der Waals surface area contributed by atoms with Crippen molar-refractivity contribution in [3.63, 3.8) is 0 Å². The van der Waals surface area contributed by atoms with E-state index < -0.39 is 0 Å². The summed E-state index contributed by atoms with van der Waals surface area (Å²) in [6.45, 7) is 2.45. The summed E-state index contributed by atoms with van der Waals surface area (Å²) in [5.74, 6) is 0.818. The van der Waals surface area contributed by atoms with Crippen molar-refractivity contribution in [2.24, 2.45) is 0 Å². The van der Waals surface area contributed by atoms with Crippen molar-refractivity contribution in [3.8, 4) is 0 Å². The molecule has 23 heavy (non-hydrogen) atoms. The predicted octanol–water partition coefficient (Wildman–Crippen LogP) is 3.64. The average molecular weight is 333 g/mol. The van der Waals surface area contributed by atoms with Gasteiger partial charge >= 0.3 is 0 Å². The highest BCUT2D eigenvalue weighted by atomic mass is 32.2. The first-order chi connectivity index (χ1) is 11.3. The van der Waals surface area contributed by atoms with Crippen LogP contribution in [-0.2, 0) is 4.79 Å². The molecule has 1 aliphatic carbocycles. The van der Waals surface area contributed by atoms with Gasteiger partial charge in [0, 0.05) is 24.0 Å². The summed E-state index contributed by atoms with van der Waals surface area (Å²) in [5, 5.41) is 0. The fourth-order valence-electron chi connectivity index (χ4n) is 3.99. The second kappa shape index (κ2) is 8.20. The van der Waals surface area contributed by atoms with E-state index in [0.29, 0.717) is 17.8 Å². The van der Waals surface area contributed by atoms with Crippen LogP contribution in [0.1, 0.15) is 38.5 Å². The van der Waals surface area contributed by atoms with E-state index in [1.807, 2.05) is 25.2 Å². The molecule has 2 aliphatic rings. The Labute approximate surface area is 144 Å². The third kappa shape index (κ3) is 4.30.